The van der Waals surface area contributed by atoms with E-state index in [-0.39, 0.29) is 11.7 Å². The summed E-state index contributed by atoms with van der Waals surface area (Å²) in [6.45, 7) is 4.05. The molecule has 0 aliphatic carbocycles. The Morgan fingerprint density at radius 3 is 2.94 bits per heavy atom. The monoisotopic (exact) mass is 240 g/mol. The highest BCUT2D eigenvalue weighted by Crippen LogP contribution is 2.23. The third-order valence-electron chi connectivity index (χ3n) is 3.25. The fourth-order valence-corrected chi connectivity index (χ4v) is 2.23. The van der Waals surface area contributed by atoms with Crippen LogP contribution in [0.4, 0.5) is 0 Å². The maximum absolute atomic E-state index is 12.3. The number of nitriles is 1. The maximum Gasteiger partial charge on any atom is 0.167 e. The number of hydrogen-bond acceptors (Lipinski definition) is 2. The molecular weight excluding hydrogens is 224 g/mol. The topological polar surface area (TPSA) is 56.6 Å². The van der Waals surface area contributed by atoms with Gasteiger partial charge in [-0.05, 0) is 18.6 Å². The minimum atomic E-state index is 0.0460. The van der Waals surface area contributed by atoms with Gasteiger partial charge in [-0.15, -0.1) is 0 Å². The number of rotatable bonds is 4. The predicted molar refractivity (Wildman–Crippen MR) is 71.4 cm³/mol. The number of carbonyl (C=O) groups is 1. The molecule has 0 fully saturated rings. The van der Waals surface area contributed by atoms with Gasteiger partial charge in [-0.2, -0.15) is 5.26 Å². The van der Waals surface area contributed by atoms with E-state index in [0.29, 0.717) is 5.56 Å². The first-order chi connectivity index (χ1) is 8.67. The van der Waals surface area contributed by atoms with Crippen LogP contribution in [0.1, 0.15) is 42.6 Å². The fourth-order valence-electron chi connectivity index (χ4n) is 2.23. The van der Waals surface area contributed by atoms with Crippen LogP contribution in [-0.2, 0) is 0 Å². The van der Waals surface area contributed by atoms with Crippen LogP contribution < -0.4 is 0 Å². The molecule has 0 saturated heterocycles. The predicted octanol–water partition coefficient (Wildman–Crippen LogP) is 3.66. The van der Waals surface area contributed by atoms with E-state index in [2.05, 4.69) is 18.0 Å². The molecule has 3 heteroatoms. The SMILES string of the molecule is CCCC(C)C(=O)c1c[nH]c2cc(C#N)ccc12. The number of H-pyrrole nitrogens is 1. The van der Waals surface area contributed by atoms with Crippen LogP contribution in [0.15, 0.2) is 24.4 Å². The summed E-state index contributed by atoms with van der Waals surface area (Å²) in [6, 6.07) is 7.46. The Morgan fingerprint density at radius 1 is 1.50 bits per heavy atom. The van der Waals surface area contributed by atoms with Gasteiger partial charge < -0.3 is 4.98 Å². The Kier molecular flexibility index (Phi) is 3.47. The van der Waals surface area contributed by atoms with Crippen molar-refractivity contribution in [3.63, 3.8) is 0 Å². The molecule has 1 aromatic heterocycles. The van der Waals surface area contributed by atoms with Crippen molar-refractivity contribution >= 4 is 16.7 Å². The molecule has 18 heavy (non-hydrogen) atoms. The quantitative estimate of drug-likeness (QED) is 0.829. The van der Waals surface area contributed by atoms with Crippen molar-refractivity contribution in [2.45, 2.75) is 26.7 Å². The van der Waals surface area contributed by atoms with Crippen LogP contribution in [0.2, 0.25) is 0 Å². The largest absolute Gasteiger partial charge is 0.360 e. The molecule has 1 N–H and O–H groups in total. The first-order valence-electron chi connectivity index (χ1n) is 6.22. The van der Waals surface area contributed by atoms with E-state index in [4.69, 9.17) is 5.26 Å². The van der Waals surface area contributed by atoms with E-state index < -0.39 is 0 Å². The van der Waals surface area contributed by atoms with Crippen molar-refractivity contribution < 1.29 is 4.79 Å². The highest BCUT2D eigenvalue weighted by Gasteiger charge is 2.17. The van der Waals surface area contributed by atoms with Gasteiger partial charge in [0, 0.05) is 28.6 Å². The van der Waals surface area contributed by atoms with Gasteiger partial charge in [0.25, 0.3) is 0 Å². The maximum atomic E-state index is 12.3. The second kappa shape index (κ2) is 5.05. The number of Topliss-reactive ketones (excluding diaryl/α,β-unsaturated/α-hetero) is 1. The van der Waals surface area contributed by atoms with Gasteiger partial charge in [0.15, 0.2) is 5.78 Å². The number of fused-ring (bicyclic) bond motifs is 1. The number of aromatic nitrogens is 1. The second-order valence-electron chi connectivity index (χ2n) is 4.63. The Balaban J connectivity index is 2.41. The van der Waals surface area contributed by atoms with Gasteiger partial charge in [0.2, 0.25) is 0 Å². The summed E-state index contributed by atoms with van der Waals surface area (Å²) in [6.07, 6.45) is 3.66. The van der Waals surface area contributed by atoms with E-state index in [1.54, 1.807) is 18.3 Å². The zero-order valence-corrected chi connectivity index (χ0v) is 10.7. The van der Waals surface area contributed by atoms with Crippen molar-refractivity contribution in [2.24, 2.45) is 5.92 Å². The van der Waals surface area contributed by atoms with Gasteiger partial charge in [-0.25, -0.2) is 0 Å². The second-order valence-corrected chi connectivity index (χ2v) is 4.63. The van der Waals surface area contributed by atoms with Crippen molar-refractivity contribution in [3.05, 3.63) is 35.5 Å². The molecule has 1 aromatic carbocycles. The molecule has 0 bridgehead atoms. The molecule has 0 spiro atoms. The molecule has 0 radical (unpaired) electrons. The van der Waals surface area contributed by atoms with Gasteiger partial charge in [0.05, 0.1) is 11.6 Å². The summed E-state index contributed by atoms with van der Waals surface area (Å²) in [5.74, 6) is 0.220. The normalized spacial score (nSPS) is 12.3. The molecule has 0 amide bonds. The molecule has 1 unspecified atom stereocenters. The average molecular weight is 240 g/mol. The zero-order valence-electron chi connectivity index (χ0n) is 10.7. The lowest BCUT2D eigenvalue weighted by Crippen LogP contribution is -2.10. The van der Waals surface area contributed by atoms with Crippen LogP contribution in [0.5, 0.6) is 0 Å². The number of nitrogens with one attached hydrogen (secondary N) is 1. The third-order valence-corrected chi connectivity index (χ3v) is 3.25. The van der Waals surface area contributed by atoms with Crippen molar-refractivity contribution in [1.29, 1.82) is 5.26 Å². The summed E-state index contributed by atoms with van der Waals surface area (Å²) in [7, 11) is 0. The minimum absolute atomic E-state index is 0.0460. The molecule has 3 nitrogen and oxygen atoms in total. The number of nitrogens with zero attached hydrogens (tertiary/aromatic N) is 1. The molecule has 1 atom stereocenters. The minimum Gasteiger partial charge on any atom is -0.360 e. The molecule has 0 saturated carbocycles. The molecule has 2 aromatic rings. The summed E-state index contributed by atoms with van der Waals surface area (Å²) in [4.78, 5) is 15.3. The van der Waals surface area contributed by atoms with Gasteiger partial charge in [-0.1, -0.05) is 26.3 Å². The van der Waals surface area contributed by atoms with Gasteiger partial charge >= 0.3 is 0 Å². The average Bonchev–Trinajstić information content (AvgIpc) is 2.80. The highest BCUT2D eigenvalue weighted by atomic mass is 16.1. The number of hydrogen-bond donors (Lipinski definition) is 1. The summed E-state index contributed by atoms with van der Waals surface area (Å²) >= 11 is 0. The molecule has 0 aliphatic heterocycles. The van der Waals surface area contributed by atoms with Crippen LogP contribution in [0.25, 0.3) is 10.9 Å². The van der Waals surface area contributed by atoms with E-state index in [1.807, 2.05) is 13.0 Å². The Hall–Kier alpha value is -2.08. The Morgan fingerprint density at radius 2 is 2.28 bits per heavy atom. The first-order valence-corrected chi connectivity index (χ1v) is 6.22. The first kappa shape index (κ1) is 12.4. The van der Waals surface area contributed by atoms with Crippen molar-refractivity contribution in [2.75, 3.05) is 0 Å². The van der Waals surface area contributed by atoms with Crippen LogP contribution in [0, 0.1) is 17.2 Å². The number of aromatic amines is 1. The van der Waals surface area contributed by atoms with Gasteiger partial charge in [0.1, 0.15) is 0 Å². The summed E-state index contributed by atoms with van der Waals surface area (Å²) < 4.78 is 0. The van der Waals surface area contributed by atoms with Crippen LogP contribution in [0.3, 0.4) is 0 Å². The Labute approximate surface area is 106 Å². The molecule has 1 heterocycles. The summed E-state index contributed by atoms with van der Waals surface area (Å²) in [5, 5.41) is 9.75. The Bertz CT molecular complexity index is 619. The van der Waals surface area contributed by atoms with E-state index in [0.717, 1.165) is 29.3 Å². The van der Waals surface area contributed by atoms with E-state index in [1.165, 1.54) is 0 Å². The molecule has 2 rings (SSSR count). The lowest BCUT2D eigenvalue weighted by Gasteiger charge is -2.07. The fraction of sp³-hybridized carbons (Fsp3) is 0.333. The third kappa shape index (κ3) is 2.14. The van der Waals surface area contributed by atoms with Crippen LogP contribution >= 0.6 is 0 Å². The van der Waals surface area contributed by atoms with Crippen LogP contribution in [-0.4, -0.2) is 10.8 Å². The lowest BCUT2D eigenvalue weighted by atomic mass is 9.95. The number of benzene rings is 1. The smallest absolute Gasteiger partial charge is 0.167 e. The van der Waals surface area contributed by atoms with Crippen molar-refractivity contribution in [3.8, 4) is 6.07 Å². The van der Waals surface area contributed by atoms with E-state index in [9.17, 15) is 4.79 Å². The highest BCUT2D eigenvalue weighted by molar-refractivity contribution is 6.08. The number of ketones is 1. The molecule has 92 valence electrons. The van der Waals surface area contributed by atoms with Crippen molar-refractivity contribution in [1.82, 2.24) is 4.98 Å². The number of carbonyl (C=O) groups excluding carboxylic acids is 1. The van der Waals surface area contributed by atoms with Gasteiger partial charge in [-0.3, -0.25) is 4.79 Å². The standard InChI is InChI=1S/C15H16N2O/c1-3-4-10(2)15(18)13-9-17-14-7-11(8-16)5-6-12(13)14/h5-7,9-10,17H,3-4H2,1-2H3. The summed E-state index contributed by atoms with van der Waals surface area (Å²) in [5.41, 5.74) is 2.18. The van der Waals surface area contributed by atoms with E-state index >= 15 is 0 Å². The molecule has 0 aliphatic rings. The lowest BCUT2D eigenvalue weighted by molar-refractivity contribution is 0.0925. The zero-order chi connectivity index (χ0) is 13.1. The molecular formula is C15H16N2O.